The molecular weight excluding hydrogens is 237 g/mol. The zero-order valence-corrected chi connectivity index (χ0v) is 10.4. The van der Waals surface area contributed by atoms with Crippen LogP contribution in [0.5, 0.6) is 0 Å². The van der Waals surface area contributed by atoms with Crippen molar-refractivity contribution in [2.45, 2.75) is 32.4 Å². The van der Waals surface area contributed by atoms with Gasteiger partial charge in [-0.3, -0.25) is 0 Å². The van der Waals surface area contributed by atoms with Crippen LogP contribution >= 0.6 is 0 Å². The lowest BCUT2D eigenvalue weighted by atomic mass is 9.94. The molecule has 0 aliphatic heterocycles. The number of halogens is 1. The fraction of sp³-hybridized carbons (Fsp3) is 0.462. The fourth-order valence-corrected chi connectivity index (χ4v) is 1.86. The quantitative estimate of drug-likeness (QED) is 0.757. The summed E-state index contributed by atoms with van der Waals surface area (Å²) in [7, 11) is 0. The summed E-state index contributed by atoms with van der Waals surface area (Å²) in [4.78, 5) is 10.7. The Morgan fingerprint density at radius 2 is 2.11 bits per heavy atom. The van der Waals surface area contributed by atoms with Crippen LogP contribution in [0.3, 0.4) is 0 Å². The van der Waals surface area contributed by atoms with Crippen molar-refractivity contribution in [2.75, 3.05) is 0 Å². The van der Waals surface area contributed by atoms with Crippen molar-refractivity contribution in [1.82, 2.24) is 5.32 Å². The Labute approximate surface area is 105 Å². The zero-order chi connectivity index (χ0) is 13.7. The molecule has 0 aliphatic carbocycles. The Morgan fingerprint density at radius 1 is 1.44 bits per heavy atom. The molecule has 0 saturated carbocycles. The second-order valence-electron chi connectivity index (χ2n) is 4.69. The molecule has 1 rings (SSSR count). The number of carboxylic acid groups (broad SMARTS) is 1. The standard InChI is InChI=1S/C13H18FNO3/c1-8(2)6-11(15-13(17)18)12(16)9-4-3-5-10(14)7-9/h3-5,7-8,11-12,15-16H,6H2,1-2H3,(H,17,18). The van der Waals surface area contributed by atoms with Gasteiger partial charge in [0.15, 0.2) is 0 Å². The topological polar surface area (TPSA) is 69.6 Å². The third-order valence-corrected chi connectivity index (χ3v) is 2.61. The van der Waals surface area contributed by atoms with Crippen LogP contribution in [-0.2, 0) is 0 Å². The molecule has 0 fully saturated rings. The molecule has 18 heavy (non-hydrogen) atoms. The number of rotatable bonds is 5. The smallest absolute Gasteiger partial charge is 0.404 e. The van der Waals surface area contributed by atoms with Gasteiger partial charge < -0.3 is 15.5 Å². The maximum absolute atomic E-state index is 13.1. The molecule has 1 aromatic rings. The molecule has 2 atom stereocenters. The van der Waals surface area contributed by atoms with Gasteiger partial charge in [0, 0.05) is 0 Å². The van der Waals surface area contributed by atoms with E-state index >= 15 is 0 Å². The third-order valence-electron chi connectivity index (χ3n) is 2.61. The molecule has 2 unspecified atom stereocenters. The zero-order valence-electron chi connectivity index (χ0n) is 10.4. The van der Waals surface area contributed by atoms with E-state index in [-0.39, 0.29) is 5.92 Å². The van der Waals surface area contributed by atoms with Crippen LogP contribution in [0.1, 0.15) is 31.9 Å². The largest absolute Gasteiger partial charge is 0.465 e. The van der Waals surface area contributed by atoms with E-state index in [1.54, 1.807) is 6.07 Å². The highest BCUT2D eigenvalue weighted by Crippen LogP contribution is 2.22. The molecule has 0 radical (unpaired) electrons. The van der Waals surface area contributed by atoms with Crippen LogP contribution in [0, 0.1) is 11.7 Å². The summed E-state index contributed by atoms with van der Waals surface area (Å²) in [6.45, 7) is 3.85. The Kier molecular flexibility index (Phi) is 5.09. The Bertz CT molecular complexity index is 409. The lowest BCUT2D eigenvalue weighted by Crippen LogP contribution is -2.39. The van der Waals surface area contributed by atoms with Gasteiger partial charge in [0.05, 0.1) is 12.1 Å². The van der Waals surface area contributed by atoms with Gasteiger partial charge in [-0.15, -0.1) is 0 Å². The highest BCUT2D eigenvalue weighted by molar-refractivity contribution is 5.65. The fourth-order valence-electron chi connectivity index (χ4n) is 1.86. The van der Waals surface area contributed by atoms with Crippen molar-refractivity contribution in [3.8, 4) is 0 Å². The van der Waals surface area contributed by atoms with E-state index in [4.69, 9.17) is 5.11 Å². The van der Waals surface area contributed by atoms with Crippen LogP contribution in [0.2, 0.25) is 0 Å². The minimum absolute atomic E-state index is 0.213. The Morgan fingerprint density at radius 3 is 2.61 bits per heavy atom. The van der Waals surface area contributed by atoms with Gasteiger partial charge in [-0.1, -0.05) is 26.0 Å². The molecule has 0 heterocycles. The second kappa shape index (κ2) is 6.35. The van der Waals surface area contributed by atoms with Crippen LogP contribution in [-0.4, -0.2) is 22.3 Å². The average Bonchev–Trinajstić information content (AvgIpc) is 2.26. The molecule has 1 aromatic carbocycles. The number of aliphatic hydroxyl groups is 1. The second-order valence-corrected chi connectivity index (χ2v) is 4.69. The van der Waals surface area contributed by atoms with Crippen molar-refractivity contribution in [3.05, 3.63) is 35.6 Å². The maximum atomic E-state index is 13.1. The highest BCUT2D eigenvalue weighted by atomic mass is 19.1. The first kappa shape index (κ1) is 14.4. The molecular formula is C13H18FNO3. The van der Waals surface area contributed by atoms with E-state index < -0.39 is 24.1 Å². The van der Waals surface area contributed by atoms with E-state index in [1.807, 2.05) is 13.8 Å². The Hall–Kier alpha value is -1.62. The van der Waals surface area contributed by atoms with Crippen molar-refractivity contribution in [3.63, 3.8) is 0 Å². The van der Waals surface area contributed by atoms with Crippen molar-refractivity contribution in [2.24, 2.45) is 5.92 Å². The minimum Gasteiger partial charge on any atom is -0.465 e. The number of hydrogen-bond donors (Lipinski definition) is 3. The summed E-state index contributed by atoms with van der Waals surface area (Å²) in [5.74, 6) is -0.241. The van der Waals surface area contributed by atoms with Crippen LogP contribution in [0.15, 0.2) is 24.3 Å². The summed E-state index contributed by atoms with van der Waals surface area (Å²) < 4.78 is 13.1. The predicted octanol–water partition coefficient (Wildman–Crippen LogP) is 2.54. The number of amides is 1. The summed E-state index contributed by atoms with van der Waals surface area (Å²) in [5, 5.41) is 21.1. The first-order valence-corrected chi connectivity index (χ1v) is 5.83. The van der Waals surface area contributed by atoms with Gasteiger partial charge >= 0.3 is 6.09 Å². The van der Waals surface area contributed by atoms with Gasteiger partial charge in [0.25, 0.3) is 0 Å². The van der Waals surface area contributed by atoms with Crippen molar-refractivity contribution in [1.29, 1.82) is 0 Å². The lowest BCUT2D eigenvalue weighted by Gasteiger charge is -2.24. The average molecular weight is 255 g/mol. The molecule has 1 amide bonds. The summed E-state index contributed by atoms with van der Waals surface area (Å²) in [5.41, 5.74) is 0.370. The molecule has 0 saturated heterocycles. The molecule has 3 N–H and O–H groups in total. The van der Waals surface area contributed by atoms with E-state index in [2.05, 4.69) is 5.32 Å². The molecule has 0 bridgehead atoms. The van der Waals surface area contributed by atoms with Crippen molar-refractivity contribution >= 4 is 6.09 Å². The molecule has 0 spiro atoms. The normalized spacial score (nSPS) is 14.3. The van der Waals surface area contributed by atoms with Crippen LogP contribution in [0.25, 0.3) is 0 Å². The summed E-state index contributed by atoms with van der Waals surface area (Å²) in [6.07, 6.45) is -1.78. The lowest BCUT2D eigenvalue weighted by molar-refractivity contribution is 0.110. The Balaban J connectivity index is 2.86. The van der Waals surface area contributed by atoms with Crippen LogP contribution in [0.4, 0.5) is 9.18 Å². The van der Waals surface area contributed by atoms with E-state index in [0.717, 1.165) is 0 Å². The minimum atomic E-state index is -1.20. The van der Waals surface area contributed by atoms with Gasteiger partial charge in [-0.25, -0.2) is 9.18 Å². The summed E-state index contributed by atoms with van der Waals surface area (Å²) in [6, 6.07) is 4.90. The van der Waals surface area contributed by atoms with Gasteiger partial charge in [0.1, 0.15) is 5.82 Å². The third kappa shape index (κ3) is 4.33. The van der Waals surface area contributed by atoms with E-state index in [9.17, 15) is 14.3 Å². The number of aliphatic hydroxyl groups excluding tert-OH is 1. The molecule has 0 aliphatic rings. The number of carbonyl (C=O) groups is 1. The number of nitrogens with one attached hydrogen (secondary N) is 1. The number of hydrogen-bond acceptors (Lipinski definition) is 2. The highest BCUT2D eigenvalue weighted by Gasteiger charge is 2.23. The molecule has 0 aromatic heterocycles. The monoisotopic (exact) mass is 255 g/mol. The van der Waals surface area contributed by atoms with Gasteiger partial charge in [-0.2, -0.15) is 0 Å². The maximum Gasteiger partial charge on any atom is 0.404 e. The molecule has 100 valence electrons. The first-order chi connectivity index (χ1) is 8.40. The van der Waals surface area contributed by atoms with Crippen LogP contribution < -0.4 is 5.32 Å². The van der Waals surface area contributed by atoms with Gasteiger partial charge in [-0.05, 0) is 30.0 Å². The molecule has 5 heteroatoms. The van der Waals surface area contributed by atoms with Gasteiger partial charge in [0.2, 0.25) is 0 Å². The van der Waals surface area contributed by atoms with Crippen molar-refractivity contribution < 1.29 is 19.4 Å². The van der Waals surface area contributed by atoms with E-state index in [0.29, 0.717) is 12.0 Å². The first-order valence-electron chi connectivity index (χ1n) is 5.83. The van der Waals surface area contributed by atoms with E-state index in [1.165, 1.54) is 18.2 Å². The SMILES string of the molecule is CC(C)CC(NC(=O)O)C(O)c1cccc(F)c1. The molecule has 4 nitrogen and oxygen atoms in total. The number of benzene rings is 1. The predicted molar refractivity (Wildman–Crippen MR) is 65.8 cm³/mol. The summed E-state index contributed by atoms with van der Waals surface area (Å²) >= 11 is 0.